The van der Waals surface area contributed by atoms with E-state index in [1.807, 2.05) is 34.4 Å². The van der Waals surface area contributed by atoms with Crippen LogP contribution in [0.15, 0.2) is 47.0 Å². The molecule has 0 aliphatic carbocycles. The van der Waals surface area contributed by atoms with Gasteiger partial charge < -0.3 is 4.42 Å². The molecule has 96 valence electrons. The maximum atomic E-state index is 11.3. The molecule has 3 rings (SSSR count). The van der Waals surface area contributed by atoms with E-state index in [-0.39, 0.29) is 5.76 Å². The van der Waals surface area contributed by atoms with Crippen LogP contribution in [0.4, 0.5) is 0 Å². The lowest BCUT2D eigenvalue weighted by Gasteiger charge is -2.00. The molecule has 1 aromatic carbocycles. The number of nitrogen functional groups attached to an aromatic ring is 1. The molecule has 6 heteroatoms. The van der Waals surface area contributed by atoms with Crippen molar-refractivity contribution in [1.29, 1.82) is 0 Å². The number of carbonyl (C=O) groups excluding carboxylic acids is 1. The van der Waals surface area contributed by atoms with Gasteiger partial charge in [0.2, 0.25) is 0 Å². The summed E-state index contributed by atoms with van der Waals surface area (Å²) < 4.78 is 7.22. The third-order valence-electron chi connectivity index (χ3n) is 2.87. The maximum absolute atomic E-state index is 11.3. The van der Waals surface area contributed by atoms with Crippen LogP contribution in [0.25, 0.3) is 10.9 Å². The maximum Gasteiger partial charge on any atom is 0.300 e. The van der Waals surface area contributed by atoms with Crippen LogP contribution in [0.1, 0.15) is 16.3 Å². The Morgan fingerprint density at radius 1 is 1.32 bits per heavy atom. The fraction of sp³-hybridized carbons (Fsp3) is 0.0769. The zero-order chi connectivity index (χ0) is 13.2. The average Bonchev–Trinajstić information content (AvgIpc) is 3.06. The van der Waals surface area contributed by atoms with Crippen LogP contribution in [0.5, 0.6) is 0 Å². The van der Waals surface area contributed by atoms with Gasteiger partial charge in [-0.3, -0.25) is 14.9 Å². The summed E-state index contributed by atoms with van der Waals surface area (Å²) >= 11 is 0. The van der Waals surface area contributed by atoms with E-state index in [2.05, 4.69) is 5.10 Å². The first-order valence-corrected chi connectivity index (χ1v) is 5.78. The fourth-order valence-electron chi connectivity index (χ4n) is 1.96. The van der Waals surface area contributed by atoms with Crippen molar-refractivity contribution in [1.82, 2.24) is 15.2 Å². The van der Waals surface area contributed by atoms with Crippen LogP contribution in [-0.4, -0.2) is 15.7 Å². The zero-order valence-electron chi connectivity index (χ0n) is 10.0. The van der Waals surface area contributed by atoms with E-state index in [1.165, 1.54) is 0 Å². The Hall–Kier alpha value is -2.60. The first kappa shape index (κ1) is 11.5. The normalized spacial score (nSPS) is 10.8. The molecule has 0 radical (unpaired) electrons. The summed E-state index contributed by atoms with van der Waals surface area (Å²) in [6, 6.07) is 11.2. The number of para-hydroxylation sites is 1. The minimum atomic E-state index is -0.448. The summed E-state index contributed by atoms with van der Waals surface area (Å²) in [6.07, 6.45) is 1.80. The lowest BCUT2D eigenvalue weighted by molar-refractivity contribution is 0.0924. The summed E-state index contributed by atoms with van der Waals surface area (Å²) in [5, 5.41) is 5.36. The molecule has 1 amide bonds. The number of amides is 1. The van der Waals surface area contributed by atoms with E-state index >= 15 is 0 Å². The molecule has 0 aliphatic heterocycles. The lowest BCUT2D eigenvalue weighted by Crippen LogP contribution is -2.29. The van der Waals surface area contributed by atoms with Gasteiger partial charge in [0.25, 0.3) is 0 Å². The van der Waals surface area contributed by atoms with E-state index in [1.54, 1.807) is 18.3 Å². The van der Waals surface area contributed by atoms with E-state index < -0.39 is 5.91 Å². The predicted molar refractivity (Wildman–Crippen MR) is 69.2 cm³/mol. The number of nitrogens with two attached hydrogens (primary N) is 1. The summed E-state index contributed by atoms with van der Waals surface area (Å²) in [7, 11) is 0. The van der Waals surface area contributed by atoms with Gasteiger partial charge in [0.15, 0.2) is 5.76 Å². The van der Waals surface area contributed by atoms with Crippen molar-refractivity contribution < 1.29 is 9.21 Å². The van der Waals surface area contributed by atoms with Crippen LogP contribution in [0.3, 0.4) is 0 Å². The molecule has 19 heavy (non-hydrogen) atoms. The fourth-order valence-corrected chi connectivity index (χ4v) is 1.96. The number of hydrazine groups is 1. The van der Waals surface area contributed by atoms with Gasteiger partial charge >= 0.3 is 5.91 Å². The highest BCUT2D eigenvalue weighted by molar-refractivity contribution is 5.90. The molecule has 0 bridgehead atoms. The van der Waals surface area contributed by atoms with Gasteiger partial charge in [0.05, 0.1) is 18.3 Å². The Morgan fingerprint density at radius 3 is 3.00 bits per heavy atom. The van der Waals surface area contributed by atoms with Gasteiger partial charge in [0.1, 0.15) is 5.76 Å². The first-order valence-electron chi connectivity index (χ1n) is 5.78. The van der Waals surface area contributed by atoms with Crippen molar-refractivity contribution in [2.24, 2.45) is 5.84 Å². The van der Waals surface area contributed by atoms with Gasteiger partial charge in [-0.15, -0.1) is 0 Å². The first-order chi connectivity index (χ1) is 9.28. The molecule has 2 heterocycles. The molecule has 0 saturated heterocycles. The Morgan fingerprint density at radius 2 is 2.16 bits per heavy atom. The quantitative estimate of drug-likeness (QED) is 0.420. The SMILES string of the molecule is NNC(=O)c1ccc(Cn2ncc3ccccc32)o1. The van der Waals surface area contributed by atoms with Crippen molar-refractivity contribution in [3.63, 3.8) is 0 Å². The summed E-state index contributed by atoms with van der Waals surface area (Å²) in [5.74, 6) is 5.43. The largest absolute Gasteiger partial charge is 0.454 e. The molecule has 0 aliphatic rings. The van der Waals surface area contributed by atoms with Crippen molar-refractivity contribution in [3.8, 4) is 0 Å². The van der Waals surface area contributed by atoms with Crippen LogP contribution >= 0.6 is 0 Å². The monoisotopic (exact) mass is 256 g/mol. The molecule has 0 atom stereocenters. The second-order valence-electron chi connectivity index (χ2n) is 4.10. The van der Waals surface area contributed by atoms with Gasteiger partial charge in [-0.25, -0.2) is 5.84 Å². The lowest BCUT2D eigenvalue weighted by atomic mass is 10.2. The molecule has 3 N–H and O–H groups in total. The number of benzene rings is 1. The van der Waals surface area contributed by atoms with Gasteiger partial charge in [-0.2, -0.15) is 5.10 Å². The highest BCUT2D eigenvalue weighted by atomic mass is 16.4. The minimum Gasteiger partial charge on any atom is -0.454 e. The van der Waals surface area contributed by atoms with E-state index in [9.17, 15) is 4.79 Å². The number of aromatic nitrogens is 2. The standard InChI is InChI=1S/C13H12N4O2/c14-16-13(18)12-6-5-10(19-12)8-17-11-4-2-1-3-9(11)7-15-17/h1-7H,8,14H2,(H,16,18). The smallest absolute Gasteiger partial charge is 0.300 e. The van der Waals surface area contributed by atoms with Crippen LogP contribution in [0.2, 0.25) is 0 Å². The summed E-state index contributed by atoms with van der Waals surface area (Å²) in [4.78, 5) is 11.3. The molecular formula is C13H12N4O2. The van der Waals surface area contributed by atoms with Crippen molar-refractivity contribution in [2.45, 2.75) is 6.54 Å². The van der Waals surface area contributed by atoms with E-state index in [0.29, 0.717) is 12.3 Å². The topological polar surface area (TPSA) is 86.1 Å². The van der Waals surface area contributed by atoms with Crippen LogP contribution < -0.4 is 11.3 Å². The molecule has 2 aromatic heterocycles. The highest BCUT2D eigenvalue weighted by Gasteiger charge is 2.10. The van der Waals surface area contributed by atoms with Crippen molar-refractivity contribution in [3.05, 3.63) is 54.1 Å². The molecule has 0 saturated carbocycles. The number of rotatable bonds is 3. The summed E-state index contributed by atoms with van der Waals surface area (Å²) in [6.45, 7) is 0.464. The number of hydrogen-bond acceptors (Lipinski definition) is 4. The molecule has 3 aromatic rings. The minimum absolute atomic E-state index is 0.189. The van der Waals surface area contributed by atoms with Gasteiger partial charge in [-0.05, 0) is 18.2 Å². The molecule has 6 nitrogen and oxygen atoms in total. The number of fused-ring (bicyclic) bond motifs is 1. The molecule has 0 spiro atoms. The number of furan rings is 1. The predicted octanol–water partition coefficient (Wildman–Crippen LogP) is 1.28. The van der Waals surface area contributed by atoms with Crippen molar-refractivity contribution >= 4 is 16.8 Å². The Labute approximate surface area is 108 Å². The third kappa shape index (κ3) is 2.09. The van der Waals surface area contributed by atoms with Crippen molar-refractivity contribution in [2.75, 3.05) is 0 Å². The van der Waals surface area contributed by atoms with Crippen LogP contribution in [0, 0.1) is 0 Å². The van der Waals surface area contributed by atoms with E-state index in [4.69, 9.17) is 10.3 Å². The molecule has 0 fully saturated rings. The van der Waals surface area contributed by atoms with E-state index in [0.717, 1.165) is 10.9 Å². The van der Waals surface area contributed by atoms with Gasteiger partial charge in [0, 0.05) is 5.39 Å². The second kappa shape index (κ2) is 4.58. The number of carbonyl (C=O) groups is 1. The second-order valence-corrected chi connectivity index (χ2v) is 4.10. The average molecular weight is 256 g/mol. The number of nitrogens with one attached hydrogen (secondary N) is 1. The Kier molecular flexibility index (Phi) is 2.77. The zero-order valence-corrected chi connectivity index (χ0v) is 10.0. The molecule has 0 unspecified atom stereocenters. The molecular weight excluding hydrogens is 244 g/mol. The third-order valence-corrected chi connectivity index (χ3v) is 2.87. The van der Waals surface area contributed by atoms with Gasteiger partial charge in [-0.1, -0.05) is 18.2 Å². The summed E-state index contributed by atoms with van der Waals surface area (Å²) in [5.41, 5.74) is 3.05. The Bertz CT molecular complexity index is 729. The number of nitrogens with zero attached hydrogens (tertiary/aromatic N) is 2. The van der Waals surface area contributed by atoms with Crippen LogP contribution in [-0.2, 0) is 6.54 Å². The highest BCUT2D eigenvalue weighted by Crippen LogP contribution is 2.15. The number of hydrogen-bond donors (Lipinski definition) is 2. The Balaban J connectivity index is 1.89.